The van der Waals surface area contributed by atoms with E-state index in [1.807, 2.05) is 37.3 Å². The molecule has 6 heteroatoms. The lowest BCUT2D eigenvalue weighted by Crippen LogP contribution is -2.48. The lowest BCUT2D eigenvalue weighted by atomic mass is 9.54. The van der Waals surface area contributed by atoms with Crippen LogP contribution in [0.3, 0.4) is 0 Å². The van der Waals surface area contributed by atoms with Gasteiger partial charge in [0.1, 0.15) is 11.5 Å². The number of methoxy groups -OCH3 is 1. The van der Waals surface area contributed by atoms with Gasteiger partial charge in [-0.15, -0.1) is 0 Å². The van der Waals surface area contributed by atoms with Crippen molar-refractivity contribution in [1.82, 2.24) is 0 Å². The van der Waals surface area contributed by atoms with Crippen molar-refractivity contribution in [2.24, 2.45) is 5.41 Å². The number of hydrogen-bond acceptors (Lipinski definition) is 5. The van der Waals surface area contributed by atoms with Crippen molar-refractivity contribution in [1.29, 1.82) is 0 Å². The van der Waals surface area contributed by atoms with Gasteiger partial charge in [0, 0.05) is 23.2 Å². The van der Waals surface area contributed by atoms with Crippen LogP contribution in [-0.2, 0) is 5.41 Å². The Morgan fingerprint density at radius 2 is 1.55 bits per heavy atom. The summed E-state index contributed by atoms with van der Waals surface area (Å²) in [5.41, 5.74) is 5.07. The highest BCUT2D eigenvalue weighted by atomic mass is 16.6. The van der Waals surface area contributed by atoms with Gasteiger partial charge in [-0.2, -0.15) is 0 Å². The number of nitro groups is 1. The Bertz CT molecular complexity index is 1460. The molecule has 1 heterocycles. The molecule has 0 saturated heterocycles. The second kappa shape index (κ2) is 9.21. The van der Waals surface area contributed by atoms with Crippen LogP contribution in [0.4, 0.5) is 11.4 Å². The number of anilines is 1. The minimum Gasteiger partial charge on any atom is -0.497 e. The van der Waals surface area contributed by atoms with Gasteiger partial charge < -0.3 is 14.8 Å². The molecule has 0 amide bonds. The molecule has 38 heavy (non-hydrogen) atoms. The third kappa shape index (κ3) is 3.55. The van der Waals surface area contributed by atoms with Crippen LogP contribution in [0.5, 0.6) is 11.5 Å². The van der Waals surface area contributed by atoms with Gasteiger partial charge in [0.25, 0.3) is 5.69 Å². The molecule has 4 aromatic rings. The van der Waals surface area contributed by atoms with E-state index in [2.05, 4.69) is 59.9 Å². The molecule has 0 aromatic heterocycles. The number of rotatable bonds is 7. The molecule has 6 nitrogen and oxygen atoms in total. The maximum atomic E-state index is 11.4. The highest BCUT2D eigenvalue weighted by molar-refractivity contribution is 5.71. The average molecular weight is 507 g/mol. The minimum atomic E-state index is -0.485. The van der Waals surface area contributed by atoms with Gasteiger partial charge >= 0.3 is 0 Å². The van der Waals surface area contributed by atoms with Crippen molar-refractivity contribution in [3.63, 3.8) is 0 Å². The maximum Gasteiger partial charge on any atom is 0.269 e. The summed E-state index contributed by atoms with van der Waals surface area (Å²) in [4.78, 5) is 11.0. The van der Waals surface area contributed by atoms with Gasteiger partial charge in [-0.25, -0.2) is 0 Å². The average Bonchev–Trinajstić information content (AvgIpc) is 3.75. The van der Waals surface area contributed by atoms with Crippen LogP contribution in [-0.4, -0.2) is 18.6 Å². The first-order chi connectivity index (χ1) is 18.5. The fourth-order valence-electron chi connectivity index (χ4n) is 6.57. The SMILES string of the molecule is CCOc1ccc2c(c1)[C@@](c1ccccc1)(c1ccc(OC)cc1)C1(CC1)[C@@H](c1ccc([N+](=O)[O-])cc1)N2. The fourth-order valence-corrected chi connectivity index (χ4v) is 6.57. The van der Waals surface area contributed by atoms with Gasteiger partial charge in [-0.05, 0) is 72.4 Å². The molecule has 1 spiro atoms. The van der Waals surface area contributed by atoms with E-state index in [4.69, 9.17) is 9.47 Å². The summed E-state index contributed by atoms with van der Waals surface area (Å²) in [7, 11) is 1.68. The molecule has 1 N–H and O–H groups in total. The van der Waals surface area contributed by atoms with E-state index in [1.165, 1.54) is 16.7 Å². The van der Waals surface area contributed by atoms with Crippen LogP contribution < -0.4 is 14.8 Å². The Labute approximate surface area is 222 Å². The van der Waals surface area contributed by atoms with E-state index in [0.717, 1.165) is 35.6 Å². The van der Waals surface area contributed by atoms with Gasteiger partial charge in [-0.1, -0.05) is 54.6 Å². The highest BCUT2D eigenvalue weighted by Gasteiger charge is 2.68. The Balaban J connectivity index is 1.65. The third-order valence-electron chi connectivity index (χ3n) is 8.26. The molecule has 0 radical (unpaired) electrons. The zero-order valence-electron chi connectivity index (χ0n) is 21.5. The molecule has 0 bridgehead atoms. The number of non-ortho nitro benzene ring substituents is 1. The van der Waals surface area contributed by atoms with E-state index in [9.17, 15) is 10.1 Å². The maximum absolute atomic E-state index is 11.4. The number of nitrogens with one attached hydrogen (secondary N) is 1. The molecule has 1 aliphatic carbocycles. The van der Waals surface area contributed by atoms with Gasteiger partial charge in [0.15, 0.2) is 0 Å². The van der Waals surface area contributed by atoms with Crippen LogP contribution in [0.25, 0.3) is 0 Å². The summed E-state index contributed by atoms with van der Waals surface area (Å²) >= 11 is 0. The molecule has 1 aliphatic heterocycles. The smallest absolute Gasteiger partial charge is 0.269 e. The zero-order chi connectivity index (χ0) is 26.3. The van der Waals surface area contributed by atoms with Gasteiger partial charge in [0.05, 0.1) is 30.1 Å². The molecule has 1 fully saturated rings. The Morgan fingerprint density at radius 1 is 0.895 bits per heavy atom. The predicted octanol–water partition coefficient (Wildman–Crippen LogP) is 7.28. The third-order valence-corrected chi connectivity index (χ3v) is 8.26. The number of fused-ring (bicyclic) bond motifs is 1. The first kappa shape index (κ1) is 24.0. The second-order valence-electron chi connectivity index (χ2n) is 10.1. The van der Waals surface area contributed by atoms with Gasteiger partial charge in [0.2, 0.25) is 0 Å². The molecule has 0 unspecified atom stereocenters. The van der Waals surface area contributed by atoms with Crippen LogP contribution in [0.15, 0.2) is 97.1 Å². The van der Waals surface area contributed by atoms with Gasteiger partial charge in [-0.3, -0.25) is 10.1 Å². The highest BCUT2D eigenvalue weighted by Crippen LogP contribution is 2.73. The van der Waals surface area contributed by atoms with E-state index < -0.39 is 5.41 Å². The van der Waals surface area contributed by atoms with Crippen molar-refractivity contribution < 1.29 is 14.4 Å². The minimum absolute atomic E-state index is 0.0453. The molecular formula is C32H30N2O4. The summed E-state index contributed by atoms with van der Waals surface area (Å²) in [6.07, 6.45) is 2.00. The Kier molecular flexibility index (Phi) is 5.83. The summed E-state index contributed by atoms with van der Waals surface area (Å²) in [6, 6.07) is 32.4. The molecule has 6 rings (SSSR count). The first-order valence-electron chi connectivity index (χ1n) is 13.0. The molecule has 1 saturated carbocycles. The number of hydrogen-bond donors (Lipinski definition) is 1. The molecule has 2 atom stereocenters. The van der Waals surface area contributed by atoms with Crippen molar-refractivity contribution >= 4 is 11.4 Å². The van der Waals surface area contributed by atoms with Crippen molar-refractivity contribution in [3.8, 4) is 11.5 Å². The molecule has 4 aromatic carbocycles. The lowest BCUT2D eigenvalue weighted by molar-refractivity contribution is -0.384. The standard InChI is InChI=1S/C32H30N2O4/c1-3-38-27-17-18-29-28(21-27)32(23-7-5-4-6-8-23,24-11-15-26(37-2)16-12-24)31(19-20-31)30(33-29)22-9-13-25(14-10-22)34(35)36/h4-18,21,30,33H,3,19-20H2,1-2H3/t30-,32-/m1/s1. The van der Waals surface area contributed by atoms with Crippen LogP contribution in [0.2, 0.25) is 0 Å². The quantitative estimate of drug-likeness (QED) is 0.211. The Hall–Kier alpha value is -4.32. The number of ether oxygens (including phenoxy) is 2. The topological polar surface area (TPSA) is 73.6 Å². The normalized spacial score (nSPS) is 20.7. The molecular weight excluding hydrogens is 476 g/mol. The van der Waals surface area contributed by atoms with Crippen molar-refractivity contribution in [2.45, 2.75) is 31.2 Å². The van der Waals surface area contributed by atoms with E-state index in [1.54, 1.807) is 19.2 Å². The van der Waals surface area contributed by atoms with Crippen LogP contribution >= 0.6 is 0 Å². The Morgan fingerprint density at radius 3 is 2.16 bits per heavy atom. The van der Waals surface area contributed by atoms with E-state index >= 15 is 0 Å². The first-order valence-corrected chi connectivity index (χ1v) is 13.0. The largest absolute Gasteiger partial charge is 0.497 e. The summed E-state index contributed by atoms with van der Waals surface area (Å²) in [5.74, 6) is 1.65. The fraction of sp³-hybridized carbons (Fsp3) is 0.250. The summed E-state index contributed by atoms with van der Waals surface area (Å²) in [6.45, 7) is 2.59. The summed E-state index contributed by atoms with van der Waals surface area (Å²) in [5, 5.41) is 15.2. The van der Waals surface area contributed by atoms with E-state index in [0.29, 0.717) is 6.61 Å². The lowest BCUT2D eigenvalue weighted by Gasteiger charge is -2.52. The number of nitrogens with zero attached hydrogens (tertiary/aromatic N) is 1. The monoisotopic (exact) mass is 506 g/mol. The van der Waals surface area contributed by atoms with Crippen LogP contribution in [0.1, 0.15) is 48.1 Å². The molecule has 2 aliphatic rings. The number of nitro benzene ring substituents is 1. The van der Waals surface area contributed by atoms with Crippen LogP contribution in [0, 0.1) is 15.5 Å². The second-order valence-corrected chi connectivity index (χ2v) is 10.1. The predicted molar refractivity (Wildman–Crippen MR) is 148 cm³/mol. The van der Waals surface area contributed by atoms with Crippen molar-refractivity contribution in [2.75, 3.05) is 19.0 Å². The summed E-state index contributed by atoms with van der Waals surface area (Å²) < 4.78 is 11.5. The number of benzene rings is 4. The molecule has 192 valence electrons. The zero-order valence-corrected chi connectivity index (χ0v) is 21.5. The van der Waals surface area contributed by atoms with Crippen molar-refractivity contribution in [3.05, 3.63) is 129 Å². The van der Waals surface area contributed by atoms with E-state index in [-0.39, 0.29) is 22.1 Å².